The molecule has 4 aromatic rings. The number of hydrogen-bond donors (Lipinski definition) is 1. The first kappa shape index (κ1) is 42.2. The Bertz CT molecular complexity index is 2340. The van der Waals surface area contributed by atoms with E-state index in [1.54, 1.807) is 12.1 Å². The van der Waals surface area contributed by atoms with Crippen molar-refractivity contribution in [1.82, 2.24) is 24.8 Å². The van der Waals surface area contributed by atoms with Crippen LogP contribution in [-0.2, 0) is 4.74 Å². The van der Waals surface area contributed by atoms with E-state index in [9.17, 15) is 14.3 Å². The number of piperazine rings is 1. The van der Waals surface area contributed by atoms with Crippen LogP contribution in [0.15, 0.2) is 36.4 Å². The molecule has 0 spiro atoms. The zero-order valence-electron chi connectivity index (χ0n) is 36.6. The van der Waals surface area contributed by atoms with E-state index >= 15 is 4.39 Å². The molecule has 2 unspecified atom stereocenters. The largest absolute Gasteiger partial charge is 0.508 e. The van der Waals surface area contributed by atoms with Crippen molar-refractivity contribution in [1.29, 1.82) is 0 Å². The van der Waals surface area contributed by atoms with Crippen LogP contribution in [0.1, 0.15) is 100 Å². The van der Waals surface area contributed by atoms with Gasteiger partial charge in [-0.2, -0.15) is 9.97 Å². The van der Waals surface area contributed by atoms with Gasteiger partial charge in [-0.3, -0.25) is 9.80 Å². The number of aromatic nitrogens is 3. The summed E-state index contributed by atoms with van der Waals surface area (Å²) in [7, 11) is -2.34. The predicted molar refractivity (Wildman–Crippen MR) is 235 cm³/mol. The fourth-order valence-electron chi connectivity index (χ4n) is 11.1. The predicted octanol–water partition coefficient (Wildman–Crippen LogP) is 9.80. The van der Waals surface area contributed by atoms with Crippen LogP contribution in [0.2, 0.25) is 16.6 Å². The van der Waals surface area contributed by atoms with E-state index in [-0.39, 0.29) is 47.8 Å². The van der Waals surface area contributed by atoms with E-state index < -0.39 is 31.2 Å². The number of rotatable bonds is 8. The van der Waals surface area contributed by atoms with Gasteiger partial charge in [0, 0.05) is 31.6 Å². The van der Waals surface area contributed by atoms with Gasteiger partial charge >= 0.3 is 12.1 Å². The maximum atomic E-state index is 17.8. The Morgan fingerprint density at radius 1 is 1.00 bits per heavy atom. The third kappa shape index (κ3) is 7.46. The number of alkyl halides is 1. The number of halogens is 2. The fourth-order valence-corrected chi connectivity index (χ4v) is 16.3. The second kappa shape index (κ2) is 15.7. The molecule has 2 aromatic carbocycles. The van der Waals surface area contributed by atoms with Crippen molar-refractivity contribution in [2.75, 3.05) is 37.7 Å². The smallest absolute Gasteiger partial charge is 0.410 e. The zero-order valence-corrected chi connectivity index (χ0v) is 37.6. The summed E-state index contributed by atoms with van der Waals surface area (Å²) in [4.78, 5) is 34.8. The number of phenols is 1. The van der Waals surface area contributed by atoms with Crippen molar-refractivity contribution in [2.45, 2.75) is 140 Å². The lowest BCUT2D eigenvalue weighted by atomic mass is 9.95. The van der Waals surface area contributed by atoms with E-state index in [0.29, 0.717) is 65.1 Å². The Balaban J connectivity index is 1.35. The molecule has 10 nitrogen and oxygen atoms in total. The molecule has 13 heteroatoms. The van der Waals surface area contributed by atoms with E-state index in [1.165, 1.54) is 0 Å². The first-order valence-electron chi connectivity index (χ1n) is 21.9. The SMILES string of the molecule is CC(C)[Si](C#Cc1nc(-c2cc(O)cc3ccccc23)c(F)c2nc(OC[C@@]34CCCN3C[C@H](F)C4)nc(N3CC4CCC(C3)N4C(=O)OC(C)(C)C)c12)(C(C)C)C(C)C. The van der Waals surface area contributed by atoms with E-state index in [4.69, 9.17) is 24.4 Å². The van der Waals surface area contributed by atoms with Crippen LogP contribution in [0.25, 0.3) is 32.9 Å². The molecule has 2 bridgehead atoms. The molecular weight excluding hydrogens is 779 g/mol. The van der Waals surface area contributed by atoms with Gasteiger partial charge in [-0.25, -0.2) is 18.6 Å². The number of anilines is 1. The van der Waals surface area contributed by atoms with Crippen molar-refractivity contribution in [2.24, 2.45) is 0 Å². The van der Waals surface area contributed by atoms with Gasteiger partial charge in [0.25, 0.3) is 0 Å². The van der Waals surface area contributed by atoms with Gasteiger partial charge in [0.1, 0.15) is 54.9 Å². The molecule has 0 aliphatic carbocycles. The molecular formula is C47H60F2N6O4Si. The summed E-state index contributed by atoms with van der Waals surface area (Å²) in [5, 5.41) is 12.8. The molecule has 0 saturated carbocycles. The van der Waals surface area contributed by atoms with Crippen LogP contribution in [0.4, 0.5) is 19.4 Å². The first-order chi connectivity index (χ1) is 28.4. The van der Waals surface area contributed by atoms with E-state index in [1.807, 2.05) is 49.9 Å². The third-order valence-corrected chi connectivity index (χ3v) is 20.0. The van der Waals surface area contributed by atoms with E-state index in [2.05, 4.69) is 62.8 Å². The number of carbonyl (C=O) groups excluding carboxylic acids is 1. The topological polar surface area (TPSA) is 104 Å². The Kier molecular flexibility index (Phi) is 11.1. The molecule has 4 saturated heterocycles. The quantitative estimate of drug-likeness (QED) is 0.137. The molecule has 60 heavy (non-hydrogen) atoms. The lowest BCUT2D eigenvalue weighted by Gasteiger charge is -2.42. The van der Waals surface area contributed by atoms with Gasteiger partial charge < -0.3 is 19.5 Å². The summed E-state index contributed by atoms with van der Waals surface area (Å²) in [6.07, 6.45) is 2.40. The van der Waals surface area contributed by atoms with Crippen LogP contribution in [0.3, 0.4) is 0 Å². The van der Waals surface area contributed by atoms with Crippen LogP contribution >= 0.6 is 0 Å². The van der Waals surface area contributed by atoms with Crippen molar-refractivity contribution in [3.05, 3.63) is 47.9 Å². The highest BCUT2D eigenvalue weighted by atomic mass is 28.3. The molecule has 320 valence electrons. The molecule has 0 radical (unpaired) electrons. The highest BCUT2D eigenvalue weighted by Gasteiger charge is 2.50. The molecule has 4 aliphatic rings. The molecule has 6 heterocycles. The second-order valence-electron chi connectivity index (χ2n) is 19.6. The number of benzene rings is 2. The lowest BCUT2D eigenvalue weighted by molar-refractivity contribution is 0.0122. The Hall–Kier alpha value is -4.54. The minimum atomic E-state index is -2.34. The molecule has 1 amide bonds. The van der Waals surface area contributed by atoms with Gasteiger partial charge in [-0.15, -0.1) is 5.54 Å². The standard InChI is InChI=1S/C47H60F2N6O4Si/c1-28(2)60(29(3)4,30(5)6)20-17-38-39-42(40(49)41(50-38)37-22-35(56)21-31-13-10-11-14-36(31)37)51-44(58-27-47-18-12-19-54(47)24-32(48)23-47)52-43(39)53-25-33-15-16-34(26-53)55(33)45(57)59-46(7,8)9/h10-11,13-14,21-22,28-30,32-34,56H,12,15-16,18-19,23-27H2,1-9H3/t32-,33?,34?,47+/m1/s1. The number of carbonyl (C=O) groups is 1. The highest BCUT2D eigenvalue weighted by molar-refractivity contribution is 6.90. The lowest BCUT2D eigenvalue weighted by Crippen LogP contribution is -2.57. The van der Waals surface area contributed by atoms with Crippen LogP contribution in [0, 0.1) is 17.3 Å². The van der Waals surface area contributed by atoms with Crippen LogP contribution in [-0.4, -0.2) is 106 Å². The number of pyridine rings is 1. The van der Waals surface area contributed by atoms with Crippen LogP contribution in [0.5, 0.6) is 11.8 Å². The number of phenolic OH excluding ortho intramolecular Hbond substituents is 1. The van der Waals surface area contributed by atoms with Crippen molar-refractivity contribution in [3.63, 3.8) is 0 Å². The number of ether oxygens (including phenoxy) is 2. The summed E-state index contributed by atoms with van der Waals surface area (Å²) < 4.78 is 45.1. The highest BCUT2D eigenvalue weighted by Crippen LogP contribution is 2.44. The van der Waals surface area contributed by atoms with Gasteiger partial charge in [-0.1, -0.05) is 71.7 Å². The third-order valence-electron chi connectivity index (χ3n) is 13.7. The normalized spacial score (nSPS) is 23.3. The molecule has 4 fully saturated rings. The number of hydrogen-bond acceptors (Lipinski definition) is 9. The van der Waals surface area contributed by atoms with Crippen molar-refractivity contribution >= 4 is 41.7 Å². The minimum absolute atomic E-state index is 0.00561. The summed E-state index contributed by atoms with van der Waals surface area (Å²) >= 11 is 0. The van der Waals surface area contributed by atoms with Gasteiger partial charge in [0.2, 0.25) is 0 Å². The summed E-state index contributed by atoms with van der Waals surface area (Å²) in [5.74, 6) is 3.31. The monoisotopic (exact) mass is 838 g/mol. The average molecular weight is 839 g/mol. The maximum Gasteiger partial charge on any atom is 0.410 e. The molecule has 4 aliphatic heterocycles. The van der Waals surface area contributed by atoms with Crippen molar-refractivity contribution < 1.29 is 28.2 Å². The zero-order chi connectivity index (χ0) is 42.9. The maximum absolute atomic E-state index is 17.8. The van der Waals surface area contributed by atoms with Crippen molar-refractivity contribution in [3.8, 4) is 34.5 Å². The van der Waals surface area contributed by atoms with Gasteiger partial charge in [0.15, 0.2) is 5.82 Å². The minimum Gasteiger partial charge on any atom is -0.508 e. The van der Waals surface area contributed by atoms with E-state index in [0.717, 1.165) is 43.0 Å². The molecule has 8 rings (SSSR count). The molecule has 1 N–H and O–H groups in total. The number of amides is 1. The molecule has 4 atom stereocenters. The van der Waals surface area contributed by atoms with Gasteiger partial charge in [-0.05, 0) is 92.5 Å². The Labute approximate surface area is 354 Å². The summed E-state index contributed by atoms with van der Waals surface area (Å²) in [6.45, 7) is 21.3. The van der Waals surface area contributed by atoms with Gasteiger partial charge in [0.05, 0.1) is 23.0 Å². The number of aromatic hydroxyl groups is 1. The van der Waals surface area contributed by atoms with Crippen LogP contribution < -0.4 is 9.64 Å². The average Bonchev–Trinajstić information content (AvgIpc) is 3.79. The Morgan fingerprint density at radius 2 is 1.68 bits per heavy atom. The fraction of sp³-hybridized carbons (Fsp3) is 0.574. The number of nitrogens with zero attached hydrogens (tertiary/aromatic N) is 6. The number of fused-ring (bicyclic) bond motifs is 5. The summed E-state index contributed by atoms with van der Waals surface area (Å²) in [5.41, 5.74) is 4.50. The second-order valence-corrected chi connectivity index (χ2v) is 25.2. The molecule has 2 aromatic heterocycles. The Morgan fingerprint density at radius 3 is 2.35 bits per heavy atom. The summed E-state index contributed by atoms with van der Waals surface area (Å²) in [6, 6.07) is 10.4. The first-order valence-corrected chi connectivity index (χ1v) is 24.1.